The molecule has 4 aromatic carbocycles. The minimum absolute atomic E-state index is 0. The van der Waals surface area contributed by atoms with Crippen molar-refractivity contribution in [3.05, 3.63) is 89.5 Å². The van der Waals surface area contributed by atoms with Crippen molar-refractivity contribution in [2.24, 2.45) is 0 Å². The number of nitrogens with one attached hydrogen (secondary N) is 2. The highest BCUT2D eigenvalue weighted by molar-refractivity contribution is 6.31. The van der Waals surface area contributed by atoms with Crippen molar-refractivity contribution < 1.29 is 19.2 Å². The number of amides is 5. The third-order valence-electron chi connectivity index (χ3n) is 6.24. The Labute approximate surface area is 219 Å². The molecule has 0 bridgehead atoms. The number of imide groups is 2. The van der Waals surface area contributed by atoms with Crippen LogP contribution < -0.4 is 10.6 Å². The van der Waals surface area contributed by atoms with Gasteiger partial charge in [0.25, 0.3) is 17.7 Å². The molecule has 0 aliphatic carbocycles. The Bertz CT molecular complexity index is 1550. The molecule has 0 unspecified atom stereocenters. The maximum atomic E-state index is 13.6. The van der Waals surface area contributed by atoms with Crippen molar-refractivity contribution in [1.82, 2.24) is 15.1 Å². The van der Waals surface area contributed by atoms with E-state index in [2.05, 4.69) is 10.6 Å². The fourth-order valence-corrected chi connectivity index (χ4v) is 4.50. The van der Waals surface area contributed by atoms with E-state index < -0.39 is 11.9 Å². The molecule has 1 aliphatic rings. The molecule has 188 valence electrons. The number of nitrogens with zero attached hydrogens (tertiary/aromatic N) is 2. The van der Waals surface area contributed by atoms with Gasteiger partial charge in [-0.3, -0.25) is 24.6 Å². The number of urea groups is 1. The van der Waals surface area contributed by atoms with Gasteiger partial charge in [-0.1, -0.05) is 42.5 Å². The monoisotopic (exact) mass is 516 g/mol. The minimum Gasteiger partial charge on any atom is -0.308 e. The van der Waals surface area contributed by atoms with Gasteiger partial charge >= 0.3 is 6.03 Å². The highest BCUT2D eigenvalue weighted by Crippen LogP contribution is 2.38. The Morgan fingerprint density at radius 2 is 1.59 bits per heavy atom. The molecule has 5 rings (SSSR count). The molecule has 0 saturated heterocycles. The van der Waals surface area contributed by atoms with Crippen molar-refractivity contribution in [1.29, 1.82) is 0 Å². The highest BCUT2D eigenvalue weighted by Gasteiger charge is 2.34. The Hall–Kier alpha value is -4.27. The van der Waals surface area contributed by atoms with E-state index in [1.165, 1.54) is 4.90 Å². The molecule has 0 spiro atoms. The lowest BCUT2D eigenvalue weighted by Gasteiger charge is -2.29. The van der Waals surface area contributed by atoms with Gasteiger partial charge in [0.1, 0.15) is 0 Å². The smallest absolute Gasteiger partial charge is 0.308 e. The third kappa shape index (κ3) is 4.76. The molecular weight excluding hydrogens is 492 g/mol. The largest absolute Gasteiger partial charge is 0.326 e. The van der Waals surface area contributed by atoms with Crippen molar-refractivity contribution in [3.63, 3.8) is 0 Å². The molecular formula is C28H25ClN4O4. The summed E-state index contributed by atoms with van der Waals surface area (Å²) >= 11 is 0. The molecule has 0 fully saturated rings. The lowest BCUT2D eigenvalue weighted by molar-refractivity contribution is 0.0602. The van der Waals surface area contributed by atoms with Crippen molar-refractivity contribution >= 4 is 63.4 Å². The molecule has 1 heterocycles. The first-order chi connectivity index (χ1) is 17.3. The summed E-state index contributed by atoms with van der Waals surface area (Å²) in [5, 5.41) is 7.66. The van der Waals surface area contributed by atoms with Gasteiger partial charge < -0.3 is 10.2 Å². The second kappa shape index (κ2) is 10.4. The lowest BCUT2D eigenvalue weighted by atomic mass is 9.89. The number of halogens is 1. The topological polar surface area (TPSA) is 98.8 Å². The van der Waals surface area contributed by atoms with Gasteiger partial charge in [-0.25, -0.2) is 4.79 Å². The second-order valence-electron chi connectivity index (χ2n) is 8.90. The third-order valence-corrected chi connectivity index (χ3v) is 6.24. The number of likely N-dealkylation sites (N-methyl/N-ethyl adjacent to an activating group) is 1. The molecule has 37 heavy (non-hydrogen) atoms. The fourth-order valence-electron chi connectivity index (χ4n) is 4.50. The summed E-state index contributed by atoms with van der Waals surface area (Å²) in [7, 11) is 3.77. The van der Waals surface area contributed by atoms with Crippen molar-refractivity contribution in [2.75, 3.05) is 32.5 Å². The number of anilines is 1. The van der Waals surface area contributed by atoms with Gasteiger partial charge in [0.05, 0.1) is 11.3 Å². The molecule has 0 atom stereocenters. The van der Waals surface area contributed by atoms with Crippen LogP contribution >= 0.6 is 12.4 Å². The number of benzene rings is 4. The summed E-state index contributed by atoms with van der Waals surface area (Å²) < 4.78 is 0. The Kier molecular flexibility index (Phi) is 7.24. The standard InChI is InChI=1S/C28H24N4O4.ClH/c1-31(2)14-15-32-26(34)20-12-6-10-18-16-21-19(24(23(18)20)27(32)35)11-7-13-22(21)29-28(36)30-25(33)17-8-4-3-5-9-17;/h3-13,16H,14-15H2,1-2H3,(H2,29,30,33,36);1H. The van der Waals surface area contributed by atoms with E-state index in [1.807, 2.05) is 31.1 Å². The average molecular weight is 517 g/mol. The van der Waals surface area contributed by atoms with E-state index in [9.17, 15) is 19.2 Å². The fraction of sp³-hybridized carbons (Fsp3) is 0.143. The SMILES string of the molecule is CN(C)CCN1C(=O)c2cccc3cc4c(NC(=O)NC(=O)c5ccccc5)cccc4c(c23)C1=O.Cl. The van der Waals surface area contributed by atoms with Gasteiger partial charge in [0.15, 0.2) is 0 Å². The molecule has 5 amide bonds. The highest BCUT2D eigenvalue weighted by atomic mass is 35.5. The van der Waals surface area contributed by atoms with Gasteiger partial charge in [-0.2, -0.15) is 0 Å². The van der Waals surface area contributed by atoms with E-state index in [4.69, 9.17) is 0 Å². The lowest BCUT2D eigenvalue weighted by Crippen LogP contribution is -2.43. The first kappa shape index (κ1) is 25.8. The molecule has 2 N–H and O–H groups in total. The number of carbonyl (C=O) groups excluding carboxylic acids is 4. The van der Waals surface area contributed by atoms with Crippen LogP contribution in [0.15, 0.2) is 72.8 Å². The normalized spacial score (nSPS) is 12.6. The van der Waals surface area contributed by atoms with Crippen LogP contribution in [0.5, 0.6) is 0 Å². The Morgan fingerprint density at radius 1 is 0.865 bits per heavy atom. The summed E-state index contributed by atoms with van der Waals surface area (Å²) in [5.41, 5.74) is 1.72. The number of rotatable bonds is 5. The zero-order valence-electron chi connectivity index (χ0n) is 20.3. The zero-order chi connectivity index (χ0) is 25.4. The molecule has 8 nitrogen and oxygen atoms in total. The van der Waals surface area contributed by atoms with Crippen LogP contribution in [0.4, 0.5) is 10.5 Å². The summed E-state index contributed by atoms with van der Waals surface area (Å²) in [6, 6.07) is 20.2. The van der Waals surface area contributed by atoms with E-state index in [0.717, 1.165) is 5.39 Å². The maximum absolute atomic E-state index is 13.6. The number of carbonyl (C=O) groups is 4. The van der Waals surface area contributed by atoms with Crippen LogP contribution in [0.1, 0.15) is 31.1 Å². The number of fused-ring (bicyclic) bond motifs is 2. The second-order valence-corrected chi connectivity index (χ2v) is 8.90. The first-order valence-corrected chi connectivity index (χ1v) is 11.5. The van der Waals surface area contributed by atoms with Crippen LogP contribution in [0.25, 0.3) is 21.5 Å². The molecule has 0 aromatic heterocycles. The van der Waals surface area contributed by atoms with Gasteiger partial charge in [0, 0.05) is 35.0 Å². The minimum atomic E-state index is -0.687. The van der Waals surface area contributed by atoms with Crippen LogP contribution in [-0.4, -0.2) is 60.7 Å². The summed E-state index contributed by atoms with van der Waals surface area (Å²) in [5.74, 6) is -1.20. The zero-order valence-corrected chi connectivity index (χ0v) is 21.1. The average Bonchev–Trinajstić information content (AvgIpc) is 2.86. The van der Waals surface area contributed by atoms with Crippen LogP contribution in [0.2, 0.25) is 0 Å². The van der Waals surface area contributed by atoms with E-state index in [1.54, 1.807) is 60.7 Å². The Balaban J connectivity index is 0.00000320. The van der Waals surface area contributed by atoms with E-state index in [-0.39, 0.29) is 30.8 Å². The van der Waals surface area contributed by atoms with E-state index >= 15 is 0 Å². The molecule has 4 aromatic rings. The van der Waals surface area contributed by atoms with Gasteiger partial charge in [0.2, 0.25) is 0 Å². The molecule has 0 radical (unpaired) electrons. The van der Waals surface area contributed by atoms with Gasteiger partial charge in [-0.05, 0) is 55.2 Å². The van der Waals surface area contributed by atoms with Gasteiger partial charge in [-0.15, -0.1) is 12.4 Å². The predicted molar refractivity (Wildman–Crippen MR) is 146 cm³/mol. The first-order valence-electron chi connectivity index (χ1n) is 11.5. The maximum Gasteiger partial charge on any atom is 0.326 e. The van der Waals surface area contributed by atoms with Crippen LogP contribution in [-0.2, 0) is 0 Å². The predicted octanol–water partition coefficient (Wildman–Crippen LogP) is 4.53. The number of hydrogen-bond donors (Lipinski definition) is 2. The Morgan fingerprint density at radius 3 is 2.32 bits per heavy atom. The molecule has 1 aliphatic heterocycles. The summed E-state index contributed by atoms with van der Waals surface area (Å²) in [6.07, 6.45) is 0. The quantitative estimate of drug-likeness (QED) is 0.300. The molecule has 9 heteroatoms. The molecule has 0 saturated carbocycles. The van der Waals surface area contributed by atoms with Crippen LogP contribution in [0.3, 0.4) is 0 Å². The number of hydrogen-bond acceptors (Lipinski definition) is 5. The van der Waals surface area contributed by atoms with E-state index in [0.29, 0.717) is 45.1 Å². The van der Waals surface area contributed by atoms with Crippen molar-refractivity contribution in [2.45, 2.75) is 0 Å². The summed E-state index contributed by atoms with van der Waals surface area (Å²) in [4.78, 5) is 55.1. The van der Waals surface area contributed by atoms with Crippen molar-refractivity contribution in [3.8, 4) is 0 Å². The van der Waals surface area contributed by atoms with Crippen LogP contribution in [0, 0.1) is 0 Å². The summed E-state index contributed by atoms with van der Waals surface area (Å²) in [6.45, 7) is 0.800.